The molecule has 0 aliphatic rings. The zero-order valence-corrected chi connectivity index (χ0v) is 8.44. The molecule has 0 aliphatic heterocycles. The fraction of sp³-hybridized carbons (Fsp3) is 0.222. The Bertz CT molecular complexity index is 662. The van der Waals surface area contributed by atoms with Gasteiger partial charge in [0.1, 0.15) is 0 Å². The number of H-pyrrole nitrogens is 1. The average molecular weight is 202 g/mol. The van der Waals surface area contributed by atoms with Crippen LogP contribution in [0.4, 0.5) is 5.82 Å². The maximum atomic E-state index is 5.69. The molecule has 0 radical (unpaired) electrons. The zero-order valence-electron chi connectivity index (χ0n) is 8.44. The lowest BCUT2D eigenvalue weighted by molar-refractivity contribution is 0.774. The van der Waals surface area contributed by atoms with Crippen LogP contribution in [0.3, 0.4) is 0 Å². The van der Waals surface area contributed by atoms with Crippen LogP contribution in [0.15, 0.2) is 6.07 Å². The lowest BCUT2D eigenvalue weighted by Gasteiger charge is -1.93. The van der Waals surface area contributed by atoms with Gasteiger partial charge in [0.25, 0.3) is 0 Å². The van der Waals surface area contributed by atoms with Gasteiger partial charge in [-0.05, 0) is 13.0 Å². The lowest BCUT2D eigenvalue weighted by Crippen LogP contribution is -1.92. The Labute approximate surface area is 85.1 Å². The number of nitrogens with zero attached hydrogens (tertiary/aromatic N) is 4. The van der Waals surface area contributed by atoms with Gasteiger partial charge in [0.15, 0.2) is 17.1 Å². The van der Waals surface area contributed by atoms with Crippen LogP contribution in [0.5, 0.6) is 0 Å². The van der Waals surface area contributed by atoms with E-state index in [1.54, 1.807) is 0 Å². The van der Waals surface area contributed by atoms with Crippen molar-refractivity contribution in [1.82, 2.24) is 25.0 Å². The molecule has 0 unspecified atom stereocenters. The molecule has 0 saturated heterocycles. The van der Waals surface area contributed by atoms with Gasteiger partial charge in [-0.1, -0.05) is 0 Å². The van der Waals surface area contributed by atoms with Gasteiger partial charge >= 0.3 is 0 Å². The van der Waals surface area contributed by atoms with E-state index >= 15 is 0 Å². The number of hydrogen-bond donors (Lipinski definition) is 2. The minimum absolute atomic E-state index is 0.433. The lowest BCUT2D eigenvalue weighted by atomic mass is 10.2. The molecule has 0 saturated carbocycles. The molecule has 3 aromatic heterocycles. The molecule has 3 N–H and O–H groups in total. The second kappa shape index (κ2) is 2.47. The maximum absolute atomic E-state index is 5.69. The largest absolute Gasteiger partial charge is 0.382 e. The van der Waals surface area contributed by atoms with Gasteiger partial charge in [-0.3, -0.25) is 4.68 Å². The summed E-state index contributed by atoms with van der Waals surface area (Å²) >= 11 is 0. The fourth-order valence-electron chi connectivity index (χ4n) is 1.81. The number of aryl methyl sites for hydroxylation is 2. The average Bonchev–Trinajstić information content (AvgIpc) is 2.70. The second-order valence-electron chi connectivity index (χ2n) is 3.61. The van der Waals surface area contributed by atoms with Crippen molar-refractivity contribution in [3.05, 3.63) is 11.8 Å². The molecule has 0 spiro atoms. The Morgan fingerprint density at radius 3 is 2.93 bits per heavy atom. The summed E-state index contributed by atoms with van der Waals surface area (Å²) in [5, 5.41) is 12.7. The van der Waals surface area contributed by atoms with E-state index in [0.717, 1.165) is 22.1 Å². The summed E-state index contributed by atoms with van der Waals surface area (Å²) in [6, 6.07) is 1.97. The molecule has 6 heteroatoms. The molecular weight excluding hydrogens is 192 g/mol. The molecule has 3 rings (SSSR count). The minimum atomic E-state index is 0.433. The Morgan fingerprint density at radius 2 is 2.13 bits per heavy atom. The standard InChI is InChI=1S/C9H10N6/c1-4-5-3-6-7(10)12-13-8(6)11-9(5)15(2)14-4/h3,14H,1-2H3,(H2,10,12). The van der Waals surface area contributed by atoms with Crippen molar-refractivity contribution in [3.63, 3.8) is 0 Å². The summed E-state index contributed by atoms with van der Waals surface area (Å²) in [5.41, 5.74) is 8.20. The first-order valence-corrected chi connectivity index (χ1v) is 4.60. The topological polar surface area (TPSA) is 85.4 Å². The first kappa shape index (κ1) is 8.22. The van der Waals surface area contributed by atoms with E-state index in [1.165, 1.54) is 0 Å². The molecule has 6 nitrogen and oxygen atoms in total. The number of rotatable bonds is 0. The molecule has 0 aromatic carbocycles. The highest BCUT2D eigenvalue weighted by molar-refractivity contribution is 5.95. The highest BCUT2D eigenvalue weighted by Crippen LogP contribution is 2.23. The molecule has 0 atom stereocenters. The van der Waals surface area contributed by atoms with Gasteiger partial charge in [0, 0.05) is 18.1 Å². The van der Waals surface area contributed by atoms with Crippen LogP contribution in [0.2, 0.25) is 0 Å². The molecule has 0 bridgehead atoms. The third-order valence-corrected chi connectivity index (χ3v) is 2.57. The summed E-state index contributed by atoms with van der Waals surface area (Å²) in [7, 11) is 1.91. The van der Waals surface area contributed by atoms with Crippen LogP contribution < -0.4 is 5.73 Å². The van der Waals surface area contributed by atoms with Gasteiger partial charge in [-0.15, -0.1) is 10.2 Å². The molecule has 3 aromatic rings. The molecule has 0 amide bonds. The van der Waals surface area contributed by atoms with Gasteiger partial charge in [0.05, 0.1) is 5.39 Å². The fourth-order valence-corrected chi connectivity index (χ4v) is 1.81. The number of nitrogens with two attached hydrogens (primary N) is 1. The van der Waals surface area contributed by atoms with E-state index in [9.17, 15) is 0 Å². The number of aromatic amines is 1. The first-order valence-electron chi connectivity index (χ1n) is 4.60. The van der Waals surface area contributed by atoms with Crippen molar-refractivity contribution < 1.29 is 0 Å². The van der Waals surface area contributed by atoms with Crippen LogP contribution in [-0.2, 0) is 7.05 Å². The third kappa shape index (κ3) is 0.955. The van der Waals surface area contributed by atoms with Crippen molar-refractivity contribution in [1.29, 1.82) is 0 Å². The summed E-state index contributed by atoms with van der Waals surface area (Å²) in [5.74, 6) is 0.433. The summed E-state index contributed by atoms with van der Waals surface area (Å²) < 4.78 is 1.86. The number of nitrogens with one attached hydrogen (secondary N) is 1. The smallest absolute Gasteiger partial charge is 0.187 e. The van der Waals surface area contributed by atoms with E-state index in [-0.39, 0.29) is 0 Å². The molecule has 0 fully saturated rings. The number of pyridine rings is 1. The summed E-state index contributed by atoms with van der Waals surface area (Å²) in [6.07, 6.45) is 0. The van der Waals surface area contributed by atoms with Crippen molar-refractivity contribution in [2.45, 2.75) is 6.92 Å². The van der Waals surface area contributed by atoms with E-state index in [1.807, 2.05) is 24.7 Å². The quantitative estimate of drug-likeness (QED) is 0.563. The monoisotopic (exact) mass is 202 g/mol. The number of hydrogen-bond acceptors (Lipinski definition) is 4. The normalized spacial score (nSPS) is 11.6. The molecule has 0 aliphatic carbocycles. The van der Waals surface area contributed by atoms with Crippen molar-refractivity contribution in [2.24, 2.45) is 7.05 Å². The SMILES string of the molecule is Cc1[nH]n(C)c2nc3nnc(N)c3cc12. The molecule has 3 heterocycles. The van der Waals surface area contributed by atoms with Gasteiger partial charge < -0.3 is 10.8 Å². The highest BCUT2D eigenvalue weighted by atomic mass is 15.3. The minimum Gasteiger partial charge on any atom is -0.382 e. The molecule has 15 heavy (non-hydrogen) atoms. The number of fused-ring (bicyclic) bond motifs is 2. The zero-order chi connectivity index (χ0) is 10.6. The molecule has 76 valence electrons. The van der Waals surface area contributed by atoms with Crippen LogP contribution in [0.25, 0.3) is 22.1 Å². The number of anilines is 1. The van der Waals surface area contributed by atoms with Crippen molar-refractivity contribution in [2.75, 3.05) is 5.73 Å². The Hall–Kier alpha value is -2.11. The van der Waals surface area contributed by atoms with E-state index in [2.05, 4.69) is 20.3 Å². The first-order chi connectivity index (χ1) is 7.16. The van der Waals surface area contributed by atoms with Gasteiger partial charge in [-0.2, -0.15) is 0 Å². The Morgan fingerprint density at radius 1 is 1.33 bits per heavy atom. The van der Waals surface area contributed by atoms with Gasteiger partial charge in [-0.25, -0.2) is 4.98 Å². The van der Waals surface area contributed by atoms with E-state index in [0.29, 0.717) is 11.5 Å². The Kier molecular flexibility index (Phi) is 1.35. The summed E-state index contributed by atoms with van der Waals surface area (Å²) in [4.78, 5) is 4.40. The van der Waals surface area contributed by atoms with Crippen molar-refractivity contribution >= 4 is 27.9 Å². The number of nitrogen functional groups attached to an aromatic ring is 1. The maximum Gasteiger partial charge on any atom is 0.187 e. The van der Waals surface area contributed by atoms with Crippen molar-refractivity contribution in [3.8, 4) is 0 Å². The predicted octanol–water partition coefficient (Wildman–Crippen LogP) is 0.735. The van der Waals surface area contributed by atoms with E-state index < -0.39 is 0 Å². The van der Waals surface area contributed by atoms with E-state index in [4.69, 9.17) is 5.73 Å². The third-order valence-electron chi connectivity index (χ3n) is 2.57. The predicted molar refractivity (Wildman–Crippen MR) is 57.3 cm³/mol. The summed E-state index contributed by atoms with van der Waals surface area (Å²) in [6.45, 7) is 2.00. The van der Waals surface area contributed by atoms with Crippen LogP contribution in [0.1, 0.15) is 5.69 Å². The Balaban J connectivity index is 2.57. The second-order valence-corrected chi connectivity index (χ2v) is 3.61. The van der Waals surface area contributed by atoms with Crippen LogP contribution in [0, 0.1) is 6.92 Å². The number of aromatic nitrogens is 5. The van der Waals surface area contributed by atoms with Crippen LogP contribution in [-0.4, -0.2) is 25.0 Å². The van der Waals surface area contributed by atoms with Crippen LogP contribution >= 0.6 is 0 Å². The molecular formula is C9H10N6. The highest BCUT2D eigenvalue weighted by Gasteiger charge is 2.10. The van der Waals surface area contributed by atoms with Gasteiger partial charge in [0.2, 0.25) is 0 Å².